The summed E-state index contributed by atoms with van der Waals surface area (Å²) in [4.78, 5) is 45.7. The molecule has 3 aromatic rings. The van der Waals surface area contributed by atoms with Gasteiger partial charge in [-0.2, -0.15) is 0 Å². The first-order chi connectivity index (χ1) is 19.0. The van der Waals surface area contributed by atoms with Crippen LogP contribution in [0.25, 0.3) is 22.3 Å². The first kappa shape index (κ1) is 26.5. The number of carbonyl (C=O) groups is 2. The second-order valence-corrected chi connectivity index (χ2v) is 11.2. The van der Waals surface area contributed by atoms with Crippen LogP contribution in [0.5, 0.6) is 0 Å². The van der Waals surface area contributed by atoms with Crippen LogP contribution < -0.4 is 10.9 Å². The number of cyclic esters (lactones) is 1. The van der Waals surface area contributed by atoms with Crippen molar-refractivity contribution in [3.05, 3.63) is 61.7 Å². The highest BCUT2D eigenvalue weighted by Crippen LogP contribution is 2.45. The first-order valence-electron chi connectivity index (χ1n) is 13.4. The summed E-state index contributed by atoms with van der Waals surface area (Å²) in [6.45, 7) is 3.41. The smallest absolute Gasteiger partial charge is 0.343 e. The summed E-state index contributed by atoms with van der Waals surface area (Å²) in [7, 11) is 3.52. The van der Waals surface area contributed by atoms with Gasteiger partial charge in [0.25, 0.3) is 11.5 Å². The molecule has 210 valence electrons. The van der Waals surface area contributed by atoms with Gasteiger partial charge in [-0.05, 0) is 63.0 Å². The van der Waals surface area contributed by atoms with Crippen LogP contribution in [-0.2, 0) is 39.5 Å². The maximum atomic E-state index is 15.0. The van der Waals surface area contributed by atoms with E-state index in [1.165, 1.54) is 10.6 Å². The van der Waals surface area contributed by atoms with Gasteiger partial charge in [0.05, 0.1) is 35.1 Å². The minimum atomic E-state index is -1.97. The van der Waals surface area contributed by atoms with E-state index in [1.54, 1.807) is 38.9 Å². The Labute approximate surface area is 229 Å². The number of nitrogens with one attached hydrogen (secondary N) is 1. The lowest BCUT2D eigenvalue weighted by molar-refractivity contribution is -0.172. The number of nitrogens with zero attached hydrogens (tertiary/aromatic N) is 3. The van der Waals surface area contributed by atoms with E-state index in [4.69, 9.17) is 9.72 Å². The number of ether oxygens (including phenoxy) is 1. The van der Waals surface area contributed by atoms with Crippen LogP contribution in [-0.4, -0.2) is 63.3 Å². The fraction of sp³-hybridized carbons (Fsp3) is 0.448. The van der Waals surface area contributed by atoms with Crippen molar-refractivity contribution in [1.82, 2.24) is 19.8 Å². The molecule has 0 unspecified atom stereocenters. The van der Waals surface area contributed by atoms with E-state index >= 15 is 4.39 Å². The van der Waals surface area contributed by atoms with Gasteiger partial charge in [0.2, 0.25) is 0 Å². The maximum absolute atomic E-state index is 15.0. The van der Waals surface area contributed by atoms with E-state index in [2.05, 4.69) is 5.32 Å². The molecule has 1 aliphatic carbocycles. The monoisotopic (exact) mass is 550 g/mol. The molecule has 2 aliphatic heterocycles. The molecule has 0 saturated carbocycles. The largest absolute Gasteiger partial charge is 0.458 e. The number of aromatic nitrogens is 2. The van der Waals surface area contributed by atoms with Gasteiger partial charge in [-0.1, -0.05) is 6.92 Å². The van der Waals surface area contributed by atoms with Crippen LogP contribution in [0.2, 0.25) is 0 Å². The van der Waals surface area contributed by atoms with Crippen LogP contribution in [0.3, 0.4) is 0 Å². The summed E-state index contributed by atoms with van der Waals surface area (Å²) in [5, 5.41) is 25.4. The third-order valence-electron chi connectivity index (χ3n) is 8.54. The number of rotatable bonds is 5. The normalized spacial score (nSPS) is 21.6. The zero-order chi connectivity index (χ0) is 28.7. The Bertz CT molecular complexity index is 1680. The highest BCUT2D eigenvalue weighted by molar-refractivity contribution is 5.94. The number of hydrogen-bond acceptors (Lipinski definition) is 8. The van der Waals surface area contributed by atoms with Gasteiger partial charge in [0.1, 0.15) is 18.5 Å². The molecule has 4 heterocycles. The summed E-state index contributed by atoms with van der Waals surface area (Å²) in [6.07, 6.45) is -0.245. The maximum Gasteiger partial charge on any atom is 0.343 e. The number of carbonyl (C=O) groups excluding carboxylic acids is 2. The number of hydrogen-bond donors (Lipinski definition) is 3. The van der Waals surface area contributed by atoms with Gasteiger partial charge in [0.15, 0.2) is 5.60 Å². The van der Waals surface area contributed by atoms with Crippen molar-refractivity contribution in [2.45, 2.75) is 64.0 Å². The zero-order valence-electron chi connectivity index (χ0n) is 22.8. The molecule has 3 N–H and O–H groups in total. The molecule has 0 saturated heterocycles. The van der Waals surface area contributed by atoms with Gasteiger partial charge in [-0.15, -0.1) is 0 Å². The van der Waals surface area contributed by atoms with E-state index < -0.39 is 41.0 Å². The quantitative estimate of drug-likeness (QED) is 0.319. The molecule has 3 atom stereocenters. The summed E-state index contributed by atoms with van der Waals surface area (Å²) in [6, 6.07) is 2.47. The Morgan fingerprint density at radius 1 is 1.30 bits per heavy atom. The van der Waals surface area contributed by atoms with Crippen molar-refractivity contribution in [3.8, 4) is 11.4 Å². The summed E-state index contributed by atoms with van der Waals surface area (Å²) in [5.74, 6) is -1.73. The standard InChI is InChI=1S/C29H31FN4O6/c1-5-29(39)17-8-21-25-15(10-34(21)27(37)16(17)12-40-28(29)38)24-19(32-26(36)22(35)11-33(3)4)7-6-14-13(2)18(30)9-20(31-25)23(14)24/h8-9,19,22,35,39H,5-7,10-12H2,1-4H3,(H,32,36)/t19-,22-,29-/m0/s1. The highest BCUT2D eigenvalue weighted by atomic mass is 19.1. The third-order valence-corrected chi connectivity index (χ3v) is 8.54. The van der Waals surface area contributed by atoms with E-state index in [1.807, 2.05) is 0 Å². The number of amides is 1. The average Bonchev–Trinajstić information content (AvgIpc) is 3.28. The Balaban J connectivity index is 1.57. The summed E-state index contributed by atoms with van der Waals surface area (Å²) < 4.78 is 21.7. The van der Waals surface area contributed by atoms with Gasteiger partial charge in [-0.3, -0.25) is 9.59 Å². The molecular weight excluding hydrogens is 519 g/mol. The van der Waals surface area contributed by atoms with Crippen molar-refractivity contribution in [3.63, 3.8) is 0 Å². The topological polar surface area (TPSA) is 134 Å². The fourth-order valence-corrected chi connectivity index (χ4v) is 6.40. The Hall–Kier alpha value is -3.67. The number of likely N-dealkylation sites (N-methyl/N-ethyl adjacent to an activating group) is 1. The molecule has 0 fully saturated rings. The van der Waals surface area contributed by atoms with Crippen molar-refractivity contribution in [2.75, 3.05) is 20.6 Å². The second kappa shape index (κ2) is 9.18. The number of aliphatic hydroxyl groups excluding tert-OH is 1. The van der Waals surface area contributed by atoms with E-state index in [0.29, 0.717) is 40.9 Å². The minimum absolute atomic E-state index is 0.0161. The lowest BCUT2D eigenvalue weighted by atomic mass is 9.81. The van der Waals surface area contributed by atoms with Crippen molar-refractivity contribution in [1.29, 1.82) is 0 Å². The molecular formula is C29H31FN4O6. The molecule has 6 rings (SSSR count). The lowest BCUT2D eigenvalue weighted by Gasteiger charge is -2.31. The fourth-order valence-electron chi connectivity index (χ4n) is 6.40. The summed E-state index contributed by atoms with van der Waals surface area (Å²) in [5.41, 5.74) is 2.04. The van der Waals surface area contributed by atoms with Crippen molar-refractivity contribution < 1.29 is 28.9 Å². The Morgan fingerprint density at radius 2 is 2.05 bits per heavy atom. The molecule has 0 radical (unpaired) electrons. The molecule has 3 aliphatic rings. The SMILES string of the molecule is CC[C@@]1(O)C(=O)OCc2c1cc1n(c2=O)Cc2c-1nc1cc(F)c(C)c3c1c2[C@@H](NC(=O)[C@@H](O)CN(C)C)CC3. The van der Waals surface area contributed by atoms with E-state index in [0.717, 1.165) is 16.5 Å². The van der Waals surface area contributed by atoms with Crippen LogP contribution >= 0.6 is 0 Å². The molecule has 40 heavy (non-hydrogen) atoms. The van der Waals surface area contributed by atoms with Crippen LogP contribution in [0, 0.1) is 12.7 Å². The number of fused-ring (bicyclic) bond motifs is 5. The van der Waals surface area contributed by atoms with Gasteiger partial charge in [0, 0.05) is 29.1 Å². The van der Waals surface area contributed by atoms with Gasteiger partial charge < -0.3 is 29.7 Å². The Kier molecular flexibility index (Phi) is 6.10. The predicted octanol–water partition coefficient (Wildman–Crippen LogP) is 1.55. The van der Waals surface area contributed by atoms with Gasteiger partial charge in [-0.25, -0.2) is 14.2 Å². The number of benzene rings is 1. The van der Waals surface area contributed by atoms with E-state index in [-0.39, 0.29) is 37.2 Å². The van der Waals surface area contributed by atoms with Crippen molar-refractivity contribution in [2.24, 2.45) is 0 Å². The van der Waals surface area contributed by atoms with Crippen molar-refractivity contribution >= 4 is 22.8 Å². The molecule has 11 heteroatoms. The Morgan fingerprint density at radius 3 is 2.75 bits per heavy atom. The zero-order valence-corrected chi connectivity index (χ0v) is 22.8. The summed E-state index contributed by atoms with van der Waals surface area (Å²) >= 11 is 0. The highest BCUT2D eigenvalue weighted by Gasteiger charge is 2.46. The number of pyridine rings is 2. The number of aryl methyl sites for hydroxylation is 1. The number of aliphatic hydroxyl groups is 2. The average molecular weight is 551 g/mol. The van der Waals surface area contributed by atoms with Crippen LogP contribution in [0.15, 0.2) is 16.9 Å². The lowest BCUT2D eigenvalue weighted by Crippen LogP contribution is -2.44. The molecule has 1 amide bonds. The first-order valence-corrected chi connectivity index (χ1v) is 13.4. The molecule has 1 aromatic carbocycles. The molecule has 2 aromatic heterocycles. The number of halogens is 1. The molecule has 0 bridgehead atoms. The number of esters is 1. The van der Waals surface area contributed by atoms with E-state index in [9.17, 15) is 24.6 Å². The van der Waals surface area contributed by atoms with Crippen LogP contribution in [0.4, 0.5) is 4.39 Å². The predicted molar refractivity (Wildman–Crippen MR) is 143 cm³/mol. The minimum Gasteiger partial charge on any atom is -0.458 e. The molecule has 0 spiro atoms. The third kappa shape index (κ3) is 3.71. The van der Waals surface area contributed by atoms with Gasteiger partial charge >= 0.3 is 5.97 Å². The van der Waals surface area contributed by atoms with Crippen LogP contribution in [0.1, 0.15) is 59.2 Å². The second-order valence-electron chi connectivity index (χ2n) is 11.2. The molecule has 10 nitrogen and oxygen atoms in total.